The summed E-state index contributed by atoms with van der Waals surface area (Å²) in [5, 5.41) is 32.9. The average molecular weight is 651 g/mol. The minimum absolute atomic E-state index is 0.0676. The molecule has 11 heteroatoms. The Bertz CT molecular complexity index is 2040. The van der Waals surface area contributed by atoms with Crippen LogP contribution in [0.5, 0.6) is 5.75 Å². The first-order valence-corrected chi connectivity index (χ1v) is 15.5. The summed E-state index contributed by atoms with van der Waals surface area (Å²) in [5.41, 5.74) is 12.7. The summed E-state index contributed by atoms with van der Waals surface area (Å²) in [6, 6.07) is 10.6. The van der Waals surface area contributed by atoms with Gasteiger partial charge in [-0.1, -0.05) is 11.6 Å². The molecule has 2 aliphatic rings. The maximum absolute atomic E-state index is 12.3. The first-order chi connectivity index (χ1) is 22.7. The lowest BCUT2D eigenvalue weighted by Gasteiger charge is -2.01. The lowest BCUT2D eigenvalue weighted by molar-refractivity contribution is -0.138. The molecule has 0 saturated carbocycles. The molecule has 248 valence electrons. The van der Waals surface area contributed by atoms with E-state index in [9.17, 15) is 24.3 Å². The van der Waals surface area contributed by atoms with Crippen molar-refractivity contribution in [2.45, 2.75) is 60.3 Å². The molecule has 4 heterocycles. The van der Waals surface area contributed by atoms with Gasteiger partial charge in [0.05, 0.1) is 16.8 Å². The SMILES string of the molecule is Cc1[nH]c(C=C2C(=O)Nc3cc(O)ccc32)c(C)c1CCC(=O)O.Cc1ccc2c(c1)C(=Cc1[nH]c(C)c(CCC(=O)O)c1C)C(=O)N2. The molecule has 0 aliphatic carbocycles. The van der Waals surface area contributed by atoms with Gasteiger partial charge in [-0.3, -0.25) is 19.2 Å². The van der Waals surface area contributed by atoms with Gasteiger partial charge in [0.2, 0.25) is 0 Å². The monoisotopic (exact) mass is 650 g/mol. The number of amides is 2. The van der Waals surface area contributed by atoms with Crippen LogP contribution in [-0.2, 0) is 32.0 Å². The fourth-order valence-electron chi connectivity index (χ4n) is 6.19. The molecule has 2 aliphatic heterocycles. The molecule has 2 amide bonds. The van der Waals surface area contributed by atoms with Crippen LogP contribution in [0.2, 0.25) is 0 Å². The van der Waals surface area contributed by atoms with Crippen molar-refractivity contribution in [2.24, 2.45) is 0 Å². The second-order valence-electron chi connectivity index (χ2n) is 12.1. The Morgan fingerprint density at radius 3 is 1.69 bits per heavy atom. The van der Waals surface area contributed by atoms with Crippen molar-refractivity contribution in [2.75, 3.05) is 10.6 Å². The van der Waals surface area contributed by atoms with E-state index in [-0.39, 0.29) is 30.4 Å². The van der Waals surface area contributed by atoms with Gasteiger partial charge in [0.15, 0.2) is 0 Å². The number of carboxylic acid groups (broad SMARTS) is 2. The number of hydrogen-bond acceptors (Lipinski definition) is 5. The molecule has 7 N–H and O–H groups in total. The number of nitrogens with one attached hydrogen (secondary N) is 4. The van der Waals surface area contributed by atoms with E-state index in [0.717, 1.165) is 67.4 Å². The molecular weight excluding hydrogens is 612 g/mol. The normalized spacial score (nSPS) is 14.8. The molecule has 0 spiro atoms. The van der Waals surface area contributed by atoms with E-state index >= 15 is 0 Å². The van der Waals surface area contributed by atoms with E-state index in [2.05, 4.69) is 20.6 Å². The third kappa shape index (κ3) is 6.95. The number of phenolic OH excluding ortho intramolecular Hbond substituents is 1. The van der Waals surface area contributed by atoms with Crippen LogP contribution in [0, 0.1) is 34.6 Å². The zero-order valence-electron chi connectivity index (χ0n) is 27.4. The van der Waals surface area contributed by atoms with E-state index in [4.69, 9.17) is 10.2 Å². The maximum atomic E-state index is 12.3. The van der Waals surface area contributed by atoms with Gasteiger partial charge in [-0.2, -0.15) is 0 Å². The van der Waals surface area contributed by atoms with Crippen molar-refractivity contribution in [1.29, 1.82) is 0 Å². The number of carboxylic acids is 2. The number of hydrogen-bond donors (Lipinski definition) is 7. The molecule has 0 fully saturated rings. The smallest absolute Gasteiger partial charge is 0.303 e. The summed E-state index contributed by atoms with van der Waals surface area (Å²) in [6.07, 6.45) is 4.71. The fourth-order valence-corrected chi connectivity index (χ4v) is 6.19. The molecular formula is C37H38N4O7. The molecule has 6 rings (SSSR count). The van der Waals surface area contributed by atoms with Gasteiger partial charge < -0.3 is 35.9 Å². The Morgan fingerprint density at radius 1 is 0.667 bits per heavy atom. The quantitative estimate of drug-likeness (QED) is 0.109. The van der Waals surface area contributed by atoms with E-state index in [1.165, 1.54) is 12.1 Å². The van der Waals surface area contributed by atoms with E-state index < -0.39 is 11.9 Å². The number of carbonyl (C=O) groups is 4. The first kappa shape index (κ1) is 33.5. The molecule has 11 nitrogen and oxygen atoms in total. The van der Waals surface area contributed by atoms with Crippen LogP contribution in [0.4, 0.5) is 11.4 Å². The standard InChI is InChI=1S/C19H20N2O3.C18H18N2O4/c1-10-4-6-16-14(8-10)15(19(24)21-16)9-17-11(2)13(12(3)20-17)5-7-18(22)23;1-9-12(5-6-17(22)23)10(2)19-15(9)8-14-13-4-3-11(21)7-16(13)20-18(14)24/h4,6,8-9,20H,5,7H2,1-3H3,(H,21,24)(H,22,23);3-4,7-8,19,21H,5-6H2,1-2H3,(H,20,24)(H,22,23). The lowest BCUT2D eigenvalue weighted by atomic mass is 10.0. The Kier molecular flexibility index (Phi) is 9.42. The summed E-state index contributed by atoms with van der Waals surface area (Å²) in [5.74, 6) is -1.89. The third-order valence-corrected chi connectivity index (χ3v) is 8.76. The Labute approximate surface area is 277 Å². The summed E-state index contributed by atoms with van der Waals surface area (Å²) in [7, 11) is 0. The van der Waals surface area contributed by atoms with Crippen molar-refractivity contribution in [1.82, 2.24) is 9.97 Å². The Balaban J connectivity index is 0.000000188. The van der Waals surface area contributed by atoms with E-state index in [1.807, 2.05) is 58.9 Å². The number of carbonyl (C=O) groups excluding carboxylic acids is 2. The third-order valence-electron chi connectivity index (χ3n) is 8.76. The van der Waals surface area contributed by atoms with Crippen molar-refractivity contribution < 1.29 is 34.5 Å². The van der Waals surface area contributed by atoms with Gasteiger partial charge in [0.1, 0.15) is 5.75 Å². The molecule has 2 aromatic carbocycles. The zero-order valence-corrected chi connectivity index (χ0v) is 27.4. The molecule has 2 aromatic heterocycles. The number of rotatable bonds is 8. The number of anilines is 2. The van der Waals surface area contributed by atoms with Crippen molar-refractivity contribution in [3.8, 4) is 5.75 Å². The number of benzene rings is 2. The summed E-state index contributed by atoms with van der Waals surface area (Å²) in [6.45, 7) is 9.69. The molecule has 0 bridgehead atoms. The second-order valence-corrected chi connectivity index (χ2v) is 12.1. The van der Waals surface area contributed by atoms with Gasteiger partial charge in [-0.05, 0) is 106 Å². The minimum Gasteiger partial charge on any atom is -0.508 e. The van der Waals surface area contributed by atoms with E-state index in [0.29, 0.717) is 29.7 Å². The summed E-state index contributed by atoms with van der Waals surface area (Å²) >= 11 is 0. The number of aromatic amines is 2. The van der Waals surface area contributed by atoms with Gasteiger partial charge >= 0.3 is 11.9 Å². The van der Waals surface area contributed by atoms with Crippen LogP contribution in [0.1, 0.15) is 74.6 Å². The molecule has 0 unspecified atom stereocenters. The minimum atomic E-state index is -0.834. The van der Waals surface area contributed by atoms with Crippen LogP contribution < -0.4 is 10.6 Å². The first-order valence-electron chi connectivity index (χ1n) is 15.5. The molecule has 0 saturated heterocycles. The molecule has 4 aromatic rings. The zero-order chi connectivity index (χ0) is 34.9. The summed E-state index contributed by atoms with van der Waals surface area (Å²) < 4.78 is 0. The highest BCUT2D eigenvalue weighted by atomic mass is 16.4. The summed E-state index contributed by atoms with van der Waals surface area (Å²) in [4.78, 5) is 52.6. The van der Waals surface area contributed by atoms with Crippen LogP contribution in [0.15, 0.2) is 36.4 Å². The number of aromatic hydroxyl groups is 1. The fraction of sp³-hybridized carbons (Fsp3) is 0.243. The van der Waals surface area contributed by atoms with Crippen LogP contribution in [0.25, 0.3) is 23.3 Å². The highest BCUT2D eigenvalue weighted by Gasteiger charge is 2.26. The number of aliphatic carboxylic acids is 2. The van der Waals surface area contributed by atoms with Crippen molar-refractivity contribution in [3.63, 3.8) is 0 Å². The van der Waals surface area contributed by atoms with E-state index in [1.54, 1.807) is 12.1 Å². The molecule has 0 radical (unpaired) electrons. The van der Waals surface area contributed by atoms with Gasteiger partial charge in [0.25, 0.3) is 11.8 Å². The number of H-pyrrole nitrogens is 2. The highest BCUT2D eigenvalue weighted by molar-refractivity contribution is 6.35. The number of aryl methyl sites for hydroxylation is 3. The Morgan fingerprint density at radius 2 is 1.17 bits per heavy atom. The van der Waals surface area contributed by atoms with Gasteiger partial charge in [-0.15, -0.1) is 0 Å². The number of fused-ring (bicyclic) bond motifs is 2. The topological polar surface area (TPSA) is 185 Å². The van der Waals surface area contributed by atoms with Crippen molar-refractivity contribution in [3.05, 3.63) is 98.1 Å². The maximum Gasteiger partial charge on any atom is 0.303 e. The number of aromatic nitrogens is 2. The number of phenols is 1. The predicted octanol–water partition coefficient (Wildman–Crippen LogP) is 6.30. The second kappa shape index (κ2) is 13.5. The van der Waals surface area contributed by atoms with Crippen LogP contribution in [-0.4, -0.2) is 49.0 Å². The van der Waals surface area contributed by atoms with Crippen LogP contribution in [0.3, 0.4) is 0 Å². The highest BCUT2D eigenvalue weighted by Crippen LogP contribution is 2.37. The predicted molar refractivity (Wildman–Crippen MR) is 185 cm³/mol. The molecule has 48 heavy (non-hydrogen) atoms. The van der Waals surface area contributed by atoms with Crippen molar-refractivity contribution >= 4 is 58.4 Å². The molecule has 0 atom stereocenters. The lowest BCUT2D eigenvalue weighted by Crippen LogP contribution is -2.03. The largest absolute Gasteiger partial charge is 0.508 e. The average Bonchev–Trinajstić information content (AvgIpc) is 3.67. The van der Waals surface area contributed by atoms with Gasteiger partial charge in [-0.25, -0.2) is 0 Å². The van der Waals surface area contributed by atoms with Crippen LogP contribution >= 0.6 is 0 Å². The Hall–Kier alpha value is -5.84. The van der Waals surface area contributed by atoms with Gasteiger partial charge in [0, 0.05) is 58.5 Å².